The average Bonchev–Trinajstić information content (AvgIpc) is 2.80. The predicted molar refractivity (Wildman–Crippen MR) is 119 cm³/mol. The Hall–Kier alpha value is -2.69. The normalized spacial score (nSPS) is 18.2. The van der Waals surface area contributed by atoms with Gasteiger partial charge in [-0.05, 0) is 31.9 Å². The summed E-state index contributed by atoms with van der Waals surface area (Å²) in [5.41, 5.74) is 0.958. The topological polar surface area (TPSA) is 57.6 Å². The van der Waals surface area contributed by atoms with Crippen molar-refractivity contribution in [2.45, 2.75) is 25.9 Å². The Morgan fingerprint density at radius 1 is 0.967 bits per heavy atom. The molecule has 0 N–H and O–H groups in total. The van der Waals surface area contributed by atoms with Crippen LogP contribution in [-0.4, -0.2) is 78.4 Å². The molecule has 0 aromatic carbocycles. The lowest BCUT2D eigenvalue weighted by molar-refractivity contribution is 0.0593. The second-order valence-electron chi connectivity index (χ2n) is 7.82. The van der Waals surface area contributed by atoms with Gasteiger partial charge in [-0.25, -0.2) is 9.97 Å². The van der Waals surface area contributed by atoms with Crippen LogP contribution in [0.1, 0.15) is 18.5 Å². The minimum atomic E-state index is 0.287. The number of nitrogens with zero attached hydrogens (tertiary/aromatic N) is 6. The molecule has 2 saturated heterocycles. The predicted octanol–water partition coefficient (Wildman–Crippen LogP) is 1.99. The van der Waals surface area contributed by atoms with Crippen molar-refractivity contribution >= 4 is 11.6 Å². The molecule has 7 nitrogen and oxygen atoms in total. The second-order valence-corrected chi connectivity index (χ2v) is 7.82. The fourth-order valence-electron chi connectivity index (χ4n) is 3.91. The Morgan fingerprint density at radius 2 is 1.77 bits per heavy atom. The lowest BCUT2D eigenvalue weighted by atomic mass is 10.1. The highest BCUT2D eigenvalue weighted by atomic mass is 16.5. The van der Waals surface area contributed by atoms with Crippen LogP contribution in [0.25, 0.3) is 0 Å². The Bertz CT molecular complexity index is 849. The van der Waals surface area contributed by atoms with Crippen LogP contribution >= 0.6 is 0 Å². The fourth-order valence-corrected chi connectivity index (χ4v) is 3.91. The number of aromatic nitrogens is 3. The Kier molecular flexibility index (Phi) is 7.11. The van der Waals surface area contributed by atoms with Gasteiger partial charge in [-0.15, -0.1) is 0 Å². The third-order valence-corrected chi connectivity index (χ3v) is 5.67. The lowest BCUT2D eigenvalue weighted by Crippen LogP contribution is -2.46. The first-order chi connectivity index (χ1) is 14.8. The molecule has 0 amide bonds. The van der Waals surface area contributed by atoms with Crippen LogP contribution in [0.2, 0.25) is 0 Å². The zero-order chi connectivity index (χ0) is 20.6. The fraction of sp³-hybridized carbons (Fsp3) is 0.522. The van der Waals surface area contributed by atoms with Crippen LogP contribution in [0.3, 0.4) is 0 Å². The van der Waals surface area contributed by atoms with Gasteiger partial charge in [0.05, 0.1) is 24.5 Å². The average molecular weight is 407 g/mol. The van der Waals surface area contributed by atoms with Crippen molar-refractivity contribution in [3.63, 3.8) is 0 Å². The van der Waals surface area contributed by atoms with Gasteiger partial charge in [0.15, 0.2) is 0 Å². The first-order valence-corrected chi connectivity index (χ1v) is 10.8. The van der Waals surface area contributed by atoms with E-state index in [0.717, 1.165) is 76.0 Å². The van der Waals surface area contributed by atoms with Crippen LogP contribution in [0.5, 0.6) is 0 Å². The van der Waals surface area contributed by atoms with E-state index in [0.29, 0.717) is 6.61 Å². The van der Waals surface area contributed by atoms with E-state index in [1.807, 2.05) is 31.5 Å². The number of rotatable bonds is 5. The molecule has 0 unspecified atom stereocenters. The highest BCUT2D eigenvalue weighted by molar-refractivity contribution is 5.38. The highest BCUT2D eigenvalue weighted by Gasteiger charge is 2.20. The van der Waals surface area contributed by atoms with Gasteiger partial charge < -0.3 is 14.5 Å². The molecule has 0 saturated carbocycles. The van der Waals surface area contributed by atoms with E-state index in [9.17, 15) is 0 Å². The van der Waals surface area contributed by atoms with Gasteiger partial charge in [-0.3, -0.25) is 9.88 Å². The van der Waals surface area contributed by atoms with Gasteiger partial charge in [-0.2, -0.15) is 0 Å². The summed E-state index contributed by atoms with van der Waals surface area (Å²) < 4.78 is 5.98. The smallest absolute Gasteiger partial charge is 0.147 e. The number of ether oxygens (including phenoxy) is 1. The summed E-state index contributed by atoms with van der Waals surface area (Å²) in [7, 11) is 0. The third kappa shape index (κ3) is 5.68. The van der Waals surface area contributed by atoms with Crippen molar-refractivity contribution < 1.29 is 4.74 Å². The maximum Gasteiger partial charge on any atom is 0.147 e. The number of piperidine rings is 1. The van der Waals surface area contributed by atoms with E-state index in [-0.39, 0.29) is 6.10 Å². The molecule has 0 aliphatic carbocycles. The molecule has 158 valence electrons. The Balaban J connectivity index is 1.11. The largest absolute Gasteiger partial charge is 0.365 e. The maximum absolute atomic E-state index is 5.98. The van der Waals surface area contributed by atoms with Crippen LogP contribution < -0.4 is 9.80 Å². The minimum Gasteiger partial charge on any atom is -0.365 e. The molecule has 0 atom stereocenters. The Morgan fingerprint density at radius 3 is 2.50 bits per heavy atom. The van der Waals surface area contributed by atoms with Crippen molar-refractivity contribution in [3.8, 4) is 11.8 Å². The van der Waals surface area contributed by atoms with Crippen molar-refractivity contribution in [3.05, 3.63) is 42.5 Å². The molecule has 0 radical (unpaired) electrons. The molecular formula is C23H30N6O. The van der Waals surface area contributed by atoms with Crippen molar-refractivity contribution in [2.75, 3.05) is 62.2 Å². The Labute approximate surface area is 179 Å². The molecule has 7 heteroatoms. The van der Waals surface area contributed by atoms with Gasteiger partial charge >= 0.3 is 0 Å². The highest BCUT2D eigenvalue weighted by Crippen LogP contribution is 2.19. The number of hydrogen-bond acceptors (Lipinski definition) is 7. The molecule has 0 bridgehead atoms. The van der Waals surface area contributed by atoms with Crippen molar-refractivity contribution in [1.29, 1.82) is 0 Å². The molecule has 2 fully saturated rings. The van der Waals surface area contributed by atoms with Crippen molar-refractivity contribution in [1.82, 2.24) is 19.9 Å². The van der Waals surface area contributed by atoms with E-state index in [4.69, 9.17) is 4.74 Å². The summed E-state index contributed by atoms with van der Waals surface area (Å²) >= 11 is 0. The molecular weight excluding hydrogens is 376 g/mol. The zero-order valence-electron chi connectivity index (χ0n) is 17.7. The van der Waals surface area contributed by atoms with Gasteiger partial charge in [0.2, 0.25) is 0 Å². The lowest BCUT2D eigenvalue weighted by Gasteiger charge is -2.34. The summed E-state index contributed by atoms with van der Waals surface area (Å²) in [6.07, 6.45) is 7.79. The molecule has 4 heterocycles. The van der Waals surface area contributed by atoms with E-state index in [1.54, 1.807) is 6.20 Å². The minimum absolute atomic E-state index is 0.287. The number of piperazine rings is 1. The number of hydrogen-bond donors (Lipinski definition) is 0. The third-order valence-electron chi connectivity index (χ3n) is 5.67. The summed E-state index contributed by atoms with van der Waals surface area (Å²) in [5, 5.41) is 0. The van der Waals surface area contributed by atoms with Crippen LogP contribution in [0.4, 0.5) is 11.6 Å². The van der Waals surface area contributed by atoms with Crippen LogP contribution in [0.15, 0.2) is 36.8 Å². The van der Waals surface area contributed by atoms with E-state index < -0.39 is 0 Å². The summed E-state index contributed by atoms with van der Waals surface area (Å²) in [5.74, 6) is 8.51. The van der Waals surface area contributed by atoms with Crippen LogP contribution in [0, 0.1) is 18.8 Å². The molecule has 0 spiro atoms. The zero-order valence-corrected chi connectivity index (χ0v) is 17.7. The molecule has 2 aromatic rings. The quantitative estimate of drug-likeness (QED) is 0.704. The molecule has 2 aromatic heterocycles. The molecule has 4 rings (SSSR count). The molecule has 2 aliphatic rings. The van der Waals surface area contributed by atoms with Crippen molar-refractivity contribution in [2.24, 2.45) is 0 Å². The monoisotopic (exact) mass is 406 g/mol. The first-order valence-electron chi connectivity index (χ1n) is 10.8. The molecule has 30 heavy (non-hydrogen) atoms. The number of pyridine rings is 1. The van der Waals surface area contributed by atoms with Gasteiger partial charge in [0, 0.05) is 51.7 Å². The van der Waals surface area contributed by atoms with E-state index >= 15 is 0 Å². The van der Waals surface area contributed by atoms with Gasteiger partial charge in [0.25, 0.3) is 0 Å². The molecule has 2 aliphatic heterocycles. The summed E-state index contributed by atoms with van der Waals surface area (Å²) in [6, 6.07) is 6.08. The summed E-state index contributed by atoms with van der Waals surface area (Å²) in [6.45, 7) is 9.25. The standard InChI is InChI=1S/C23H30N6O/c1-20-18-24-19-23(26-20)28-11-7-21(8-12-28)30-17-5-4-10-27-13-15-29(16-14-27)22-6-2-3-9-25-22/h2-3,6,9,18-19,21H,7-8,10-17H2,1H3. The number of anilines is 2. The van der Waals surface area contributed by atoms with Crippen LogP contribution in [-0.2, 0) is 4.74 Å². The van der Waals surface area contributed by atoms with Gasteiger partial charge in [-0.1, -0.05) is 17.9 Å². The second kappa shape index (κ2) is 10.4. The number of aryl methyl sites for hydroxylation is 1. The summed E-state index contributed by atoms with van der Waals surface area (Å²) in [4.78, 5) is 20.3. The SMILES string of the molecule is Cc1cncc(N2CCC(OCC#CCN3CCN(c4ccccn4)CC3)CC2)n1. The van der Waals surface area contributed by atoms with E-state index in [1.165, 1.54) is 0 Å². The maximum atomic E-state index is 5.98. The van der Waals surface area contributed by atoms with Gasteiger partial charge in [0.1, 0.15) is 18.2 Å². The first kappa shape index (κ1) is 20.6. The van der Waals surface area contributed by atoms with E-state index in [2.05, 4.69) is 47.6 Å².